The first-order chi connectivity index (χ1) is 8.95. The molecule has 0 aliphatic heterocycles. The average molecular weight is 269 g/mol. The van der Waals surface area contributed by atoms with Gasteiger partial charge < -0.3 is 4.74 Å². The van der Waals surface area contributed by atoms with E-state index in [0.717, 1.165) is 12.3 Å². The van der Waals surface area contributed by atoms with Crippen molar-refractivity contribution < 1.29 is 22.7 Å². The van der Waals surface area contributed by atoms with E-state index in [2.05, 4.69) is 4.98 Å². The quantitative estimate of drug-likeness (QED) is 0.784. The first-order valence-corrected chi connectivity index (χ1v) is 5.57. The Morgan fingerprint density at radius 2 is 2.05 bits per heavy atom. The molecule has 100 valence electrons. The van der Waals surface area contributed by atoms with E-state index in [1.54, 1.807) is 6.92 Å². The molecule has 0 saturated carbocycles. The number of para-hydroxylation sites is 1. The van der Waals surface area contributed by atoms with Crippen LogP contribution in [0.2, 0.25) is 0 Å². The van der Waals surface area contributed by atoms with E-state index in [1.165, 1.54) is 18.2 Å². The Labute approximate surface area is 107 Å². The molecular formula is C13H10F3NO2. The van der Waals surface area contributed by atoms with Crippen molar-refractivity contribution in [2.45, 2.75) is 13.1 Å². The zero-order valence-corrected chi connectivity index (χ0v) is 9.99. The number of pyridine rings is 1. The van der Waals surface area contributed by atoms with Gasteiger partial charge in [-0.25, -0.2) is 4.79 Å². The Hall–Kier alpha value is -2.11. The third-order valence-electron chi connectivity index (χ3n) is 2.57. The van der Waals surface area contributed by atoms with Crippen LogP contribution in [-0.2, 0) is 10.9 Å². The van der Waals surface area contributed by atoms with E-state index in [0.29, 0.717) is 0 Å². The second-order valence-electron chi connectivity index (χ2n) is 3.78. The highest BCUT2D eigenvalue weighted by molar-refractivity contribution is 6.03. The van der Waals surface area contributed by atoms with Gasteiger partial charge in [0.1, 0.15) is 0 Å². The molecule has 0 bridgehead atoms. The van der Waals surface area contributed by atoms with Gasteiger partial charge in [0.25, 0.3) is 0 Å². The summed E-state index contributed by atoms with van der Waals surface area (Å²) in [5.74, 6) is -0.681. The number of nitrogens with zero attached hydrogens (tertiary/aromatic N) is 1. The van der Waals surface area contributed by atoms with Crippen molar-refractivity contribution >= 4 is 16.9 Å². The van der Waals surface area contributed by atoms with Crippen molar-refractivity contribution in [2.24, 2.45) is 0 Å². The van der Waals surface area contributed by atoms with Crippen molar-refractivity contribution in [2.75, 3.05) is 6.61 Å². The van der Waals surface area contributed by atoms with Crippen LogP contribution in [0.3, 0.4) is 0 Å². The van der Waals surface area contributed by atoms with Gasteiger partial charge >= 0.3 is 12.1 Å². The largest absolute Gasteiger partial charge is 0.462 e. The van der Waals surface area contributed by atoms with Gasteiger partial charge in [0.2, 0.25) is 0 Å². The molecule has 1 heterocycles. The molecule has 2 aromatic rings. The molecule has 0 aliphatic rings. The number of hydrogen-bond donors (Lipinski definition) is 0. The molecule has 0 amide bonds. The van der Waals surface area contributed by atoms with Gasteiger partial charge in [-0.2, -0.15) is 13.2 Å². The van der Waals surface area contributed by atoms with Crippen LogP contribution in [0.25, 0.3) is 10.9 Å². The van der Waals surface area contributed by atoms with Crippen molar-refractivity contribution in [3.63, 3.8) is 0 Å². The lowest BCUT2D eigenvalue weighted by Gasteiger charge is -2.11. The summed E-state index contributed by atoms with van der Waals surface area (Å²) in [6.45, 7) is 1.77. The zero-order chi connectivity index (χ0) is 14.0. The van der Waals surface area contributed by atoms with Crippen LogP contribution in [0.1, 0.15) is 22.8 Å². The third-order valence-corrected chi connectivity index (χ3v) is 2.57. The highest BCUT2D eigenvalue weighted by Gasteiger charge is 2.33. The average Bonchev–Trinajstić information content (AvgIpc) is 2.36. The number of carbonyl (C=O) groups excluding carboxylic acids is 1. The minimum Gasteiger partial charge on any atom is -0.462 e. The molecule has 0 N–H and O–H groups in total. The molecule has 0 saturated heterocycles. The molecule has 2 rings (SSSR count). The van der Waals surface area contributed by atoms with E-state index < -0.39 is 17.7 Å². The second-order valence-corrected chi connectivity index (χ2v) is 3.78. The summed E-state index contributed by atoms with van der Waals surface area (Å²) in [4.78, 5) is 15.5. The van der Waals surface area contributed by atoms with Crippen molar-refractivity contribution in [1.29, 1.82) is 0 Å². The van der Waals surface area contributed by atoms with E-state index in [-0.39, 0.29) is 23.1 Å². The topological polar surface area (TPSA) is 39.2 Å². The van der Waals surface area contributed by atoms with Gasteiger partial charge in [0.15, 0.2) is 0 Å². The number of ether oxygens (including phenoxy) is 1. The van der Waals surface area contributed by atoms with Gasteiger partial charge in [-0.1, -0.05) is 12.1 Å². The maximum Gasteiger partial charge on any atom is 0.417 e. The highest BCUT2D eigenvalue weighted by Crippen LogP contribution is 2.34. The normalized spacial score (nSPS) is 11.6. The zero-order valence-electron chi connectivity index (χ0n) is 9.99. The Balaban J connectivity index is 2.68. The Morgan fingerprint density at radius 3 is 2.68 bits per heavy atom. The third kappa shape index (κ3) is 2.52. The molecule has 1 aromatic heterocycles. The summed E-state index contributed by atoms with van der Waals surface area (Å²) in [5, 5.41) is -0.111. The summed E-state index contributed by atoms with van der Waals surface area (Å²) in [6.07, 6.45) is -3.46. The number of hydrogen-bond acceptors (Lipinski definition) is 3. The summed E-state index contributed by atoms with van der Waals surface area (Å²) < 4.78 is 43.4. The van der Waals surface area contributed by atoms with Crippen molar-refractivity contribution in [3.8, 4) is 0 Å². The number of alkyl halides is 3. The fourth-order valence-corrected chi connectivity index (χ4v) is 1.80. The summed E-state index contributed by atoms with van der Waals surface area (Å²) in [5.41, 5.74) is -0.787. The van der Waals surface area contributed by atoms with Gasteiger partial charge in [-0.3, -0.25) is 4.98 Å². The lowest BCUT2D eigenvalue weighted by Crippen LogP contribution is -2.09. The molecule has 0 radical (unpaired) electrons. The van der Waals surface area contributed by atoms with E-state index in [9.17, 15) is 18.0 Å². The highest BCUT2D eigenvalue weighted by atomic mass is 19.4. The van der Waals surface area contributed by atoms with Gasteiger partial charge in [-0.15, -0.1) is 0 Å². The summed E-state index contributed by atoms with van der Waals surface area (Å²) in [6, 6.07) is 4.95. The number of carbonyl (C=O) groups is 1. The molecule has 0 spiro atoms. The Kier molecular flexibility index (Phi) is 3.42. The van der Waals surface area contributed by atoms with Gasteiger partial charge in [0, 0.05) is 11.6 Å². The van der Waals surface area contributed by atoms with Crippen LogP contribution in [0.4, 0.5) is 13.2 Å². The monoisotopic (exact) mass is 269 g/mol. The fourth-order valence-electron chi connectivity index (χ4n) is 1.80. The predicted molar refractivity (Wildman–Crippen MR) is 62.7 cm³/mol. The maximum absolute atomic E-state index is 12.9. The molecule has 1 aromatic carbocycles. The van der Waals surface area contributed by atoms with Crippen LogP contribution < -0.4 is 0 Å². The number of rotatable bonds is 2. The molecule has 6 heteroatoms. The number of esters is 1. The van der Waals surface area contributed by atoms with Crippen LogP contribution >= 0.6 is 0 Å². The molecule has 0 fully saturated rings. The first-order valence-electron chi connectivity index (χ1n) is 5.57. The van der Waals surface area contributed by atoms with E-state index in [4.69, 9.17) is 4.74 Å². The number of benzene rings is 1. The molecule has 0 atom stereocenters. The van der Waals surface area contributed by atoms with Crippen LogP contribution in [0, 0.1) is 0 Å². The Morgan fingerprint density at radius 1 is 1.32 bits per heavy atom. The second kappa shape index (κ2) is 4.87. The van der Waals surface area contributed by atoms with E-state index >= 15 is 0 Å². The number of halogens is 3. The lowest BCUT2D eigenvalue weighted by molar-refractivity contribution is -0.136. The lowest BCUT2D eigenvalue weighted by atomic mass is 10.0. The number of fused-ring (bicyclic) bond motifs is 1. The maximum atomic E-state index is 12.9. The molecule has 0 unspecified atom stereocenters. The van der Waals surface area contributed by atoms with Crippen LogP contribution in [0.15, 0.2) is 30.5 Å². The fraction of sp³-hybridized carbons (Fsp3) is 0.231. The first kappa shape index (κ1) is 13.3. The van der Waals surface area contributed by atoms with Gasteiger partial charge in [-0.05, 0) is 19.1 Å². The molecular weight excluding hydrogens is 259 g/mol. The predicted octanol–water partition coefficient (Wildman–Crippen LogP) is 3.43. The molecule has 19 heavy (non-hydrogen) atoms. The molecule has 0 aliphatic carbocycles. The molecule has 3 nitrogen and oxygen atoms in total. The standard InChI is InChI=1S/C13H10F3NO2/c1-2-19-12(18)9-5-3-4-8-10(13(14,15)16)6-7-17-11(8)9/h3-7H,2H2,1H3. The summed E-state index contributed by atoms with van der Waals surface area (Å²) in [7, 11) is 0. The van der Waals surface area contributed by atoms with Crippen molar-refractivity contribution in [3.05, 3.63) is 41.6 Å². The Bertz CT molecular complexity index is 623. The van der Waals surface area contributed by atoms with Gasteiger partial charge in [0.05, 0.1) is 23.3 Å². The van der Waals surface area contributed by atoms with Crippen molar-refractivity contribution in [1.82, 2.24) is 4.98 Å². The number of aromatic nitrogens is 1. The van der Waals surface area contributed by atoms with E-state index in [1.807, 2.05) is 0 Å². The minimum atomic E-state index is -4.49. The summed E-state index contributed by atoms with van der Waals surface area (Å²) >= 11 is 0. The SMILES string of the molecule is CCOC(=O)c1cccc2c(C(F)(F)F)ccnc12. The minimum absolute atomic E-state index is 0.00391. The smallest absolute Gasteiger partial charge is 0.417 e. The van der Waals surface area contributed by atoms with Crippen LogP contribution in [-0.4, -0.2) is 17.6 Å². The van der Waals surface area contributed by atoms with Crippen LogP contribution in [0.5, 0.6) is 0 Å².